The number of aromatic amines is 4. The van der Waals surface area contributed by atoms with Crippen LogP contribution in [-0.2, 0) is 80.4 Å². The molecule has 0 fully saturated rings. The van der Waals surface area contributed by atoms with E-state index in [0.29, 0.717) is 177 Å². The van der Waals surface area contributed by atoms with Crippen LogP contribution in [0.5, 0.6) is 0 Å². The van der Waals surface area contributed by atoms with E-state index in [1.165, 1.54) is 0 Å². The van der Waals surface area contributed by atoms with Crippen LogP contribution in [-0.4, -0.2) is 257 Å². The molecule has 688 valence electrons. The number of carboxylic acid groups (broad SMARTS) is 5. The second-order valence-corrected chi connectivity index (χ2v) is 42.0. The molecule has 0 saturated heterocycles. The number of H-pyrrole nitrogens is 4. The van der Waals surface area contributed by atoms with Gasteiger partial charge in [0.25, 0.3) is 29.8 Å². The molecule has 4 aromatic carbocycles. The Morgan fingerprint density at radius 1 is 0.272 bits per heavy atom. The first kappa shape index (κ1) is 110. The molecule has 9 rings (SSSR count). The van der Waals surface area contributed by atoms with Gasteiger partial charge in [0.2, 0.25) is 0 Å². The van der Waals surface area contributed by atoms with E-state index in [2.05, 4.69) is 104 Å². The smallest absolute Gasteiger partial charge is 0.481 e. The minimum absolute atomic E-state index is 0. The van der Waals surface area contributed by atoms with Gasteiger partial charge >= 0.3 is 17.1 Å². The van der Waals surface area contributed by atoms with Crippen LogP contribution in [0.25, 0.3) is 22.3 Å². The van der Waals surface area contributed by atoms with Crippen LogP contribution in [0.1, 0.15) is 202 Å². The summed E-state index contributed by atoms with van der Waals surface area (Å²) in [6, 6.07) is 24.1. The van der Waals surface area contributed by atoms with E-state index < -0.39 is 69.2 Å². The molecule has 0 amide bonds. The number of hydrogen-bond acceptors (Lipinski definition) is 13. The molecular weight excluding hydrogens is 1710 g/mol. The Bertz CT molecular complexity index is 5280. The molecule has 0 spiro atoms. The Morgan fingerprint density at radius 2 is 0.416 bits per heavy atom. The minimum Gasteiger partial charge on any atom is -0.481 e. The Labute approximate surface area is 752 Å². The van der Waals surface area contributed by atoms with Gasteiger partial charge in [-0.2, -0.15) is 0 Å². The predicted molar refractivity (Wildman–Crippen MR) is 494 cm³/mol. The summed E-state index contributed by atoms with van der Waals surface area (Å²) in [6.07, 6.45) is 0. The number of sulfone groups is 4. The van der Waals surface area contributed by atoms with Gasteiger partial charge in [0.05, 0.1) is 126 Å². The molecule has 1 aliphatic heterocycles. The van der Waals surface area contributed by atoms with Crippen LogP contribution in [0, 0.1) is 83.1 Å². The van der Waals surface area contributed by atoms with E-state index >= 15 is 33.7 Å². The van der Waals surface area contributed by atoms with Gasteiger partial charge in [0.15, 0.2) is 39.3 Å². The van der Waals surface area contributed by atoms with Crippen molar-refractivity contribution in [3.63, 3.8) is 0 Å². The number of benzene rings is 4. The molecule has 125 heavy (non-hydrogen) atoms. The van der Waals surface area contributed by atoms with Crippen molar-refractivity contribution in [3.8, 4) is 0 Å². The van der Waals surface area contributed by atoms with Gasteiger partial charge in [0, 0.05) is 101 Å². The molecule has 0 aliphatic carbocycles. The van der Waals surface area contributed by atoms with Crippen molar-refractivity contribution in [1.29, 1.82) is 0 Å². The fourth-order valence-corrected chi connectivity index (χ4v) is 24.5. The number of aliphatic carboxylic acids is 5. The predicted octanol–water partition coefficient (Wildman–Crippen LogP) is 11.5. The number of hydrogen-bond donors (Lipinski definition) is 9. The monoisotopic (exact) mass is 1850 g/mol. The first-order valence-electron chi connectivity index (χ1n) is 42.1. The van der Waals surface area contributed by atoms with Gasteiger partial charge in [-0.1, -0.05) is 24.3 Å². The van der Waals surface area contributed by atoms with E-state index in [1.807, 2.05) is 156 Å². The topological polar surface area (TPSA) is 386 Å². The van der Waals surface area contributed by atoms with E-state index in [1.54, 1.807) is 0 Å². The first-order chi connectivity index (χ1) is 57.2. The molecule has 0 atom stereocenters. The molecule has 9 N–H and O–H groups in total. The zero-order chi connectivity index (χ0) is 95.0. The summed E-state index contributed by atoms with van der Waals surface area (Å²) in [7, 11) is -7.21. The molecule has 26 nitrogen and oxygen atoms in total. The van der Waals surface area contributed by atoms with Crippen molar-refractivity contribution >= 4 is 91.5 Å². The van der Waals surface area contributed by atoms with Gasteiger partial charge in [-0.05, 0) is 276 Å². The summed E-state index contributed by atoms with van der Waals surface area (Å²) in [6.45, 7) is 53.4. The SMILES string of the molecule is CC(=O)O.CC(=O)O.CC(=O)O.CC(=O)O.CC(=O)O.CC[N+](C)(CC)CCS(=O)(=O)c1c(C)cc(C)c(/C2=c3\cc/c([nH]3)=C(\c3c(C)cc(C)c(S(=O)(=O)CC[N+](C)(CC)CC)c3C)c3ccc([nH]3)/C(c3c(C)cc(C)c(S(=O)(=O)CC[N+](C)(CC)CC)c3C)=c3/cc/c([nH]3)=C(\c3c(C)cc(C)c(S(=O)(=O)CC[N+](C)(CC)CC)c3C)c3ccc2[nH]3)c1C.[Mn+3]. The molecule has 0 saturated carbocycles. The normalized spacial score (nSPS) is 14.2. The van der Waals surface area contributed by atoms with Crippen molar-refractivity contribution in [2.75, 3.05) is 130 Å². The number of nitrogens with zero attached hydrogens (tertiary/aromatic N) is 4. The summed E-state index contributed by atoms with van der Waals surface area (Å²) < 4.78 is 124. The molecule has 31 heteroatoms. The number of aromatic nitrogens is 4. The maximum atomic E-state index is 15.3. The van der Waals surface area contributed by atoms with Gasteiger partial charge in [-0.25, -0.2) is 33.7 Å². The van der Waals surface area contributed by atoms with Crippen LogP contribution in [0.4, 0.5) is 0 Å². The third-order valence-corrected chi connectivity index (χ3v) is 32.3. The number of fused-ring (bicyclic) bond motifs is 8. The molecule has 5 heterocycles. The molecular formula is C94H140MnN8O18S4+7. The van der Waals surface area contributed by atoms with Crippen molar-refractivity contribution in [1.82, 2.24) is 19.9 Å². The molecule has 4 aromatic heterocycles. The average Bonchev–Trinajstić information content (AvgIpc) is 1.52. The van der Waals surface area contributed by atoms with Crippen molar-refractivity contribution in [2.45, 2.75) is 193 Å². The number of aryl methyl sites for hydroxylation is 8. The number of quaternary nitrogens is 4. The van der Waals surface area contributed by atoms with E-state index in [4.69, 9.17) is 49.5 Å². The van der Waals surface area contributed by atoms with E-state index in [9.17, 15) is 0 Å². The fourth-order valence-electron chi connectivity index (χ4n) is 16.5. The Balaban J connectivity index is 0.00000173. The van der Waals surface area contributed by atoms with Crippen LogP contribution in [0.15, 0.2) is 92.4 Å². The standard InChI is InChI=1S/C84H120N8O8S4.5C2H4O2.Mn/c1-25-89(21,26-2)41-45-101(93,94)81-57(13)49-53(9)73(61(81)17)77-65-33-35-67(85-65)78(74-54(10)50-58(14)82(62(74)18)102(95,96)46-42-90(22,27-3)28-4)69-37-39-71(87-69)80(76-56(12)52-60(16)84(64(76)20)104(99,100)48-44-92(24,31-7)32-8)72-40-38-70(88-72)79(68-36-34-66(77)86-68)75-55(11)51-59(15)83(63(75)19)103(97,98)47-43-91(23,29-5)30-6;5*1-2(3)4;/h33-40,49-52,85-88H,25-32,41-48H2,1-24H3;5*1H3,(H,3,4);/q+4;;;;;;+3/b77-65+,77-66?,78-67+,78-69?,79-68?,79-70+,80-71?,80-72+;;;;;;. The van der Waals surface area contributed by atoms with Crippen LogP contribution >= 0.6 is 0 Å². The van der Waals surface area contributed by atoms with E-state index in [0.717, 1.165) is 109 Å². The van der Waals surface area contributed by atoms with Gasteiger partial charge in [-0.15, -0.1) is 0 Å². The summed E-state index contributed by atoms with van der Waals surface area (Å²) in [5.41, 5.74) is 16.5. The second kappa shape index (κ2) is 45.1. The van der Waals surface area contributed by atoms with Gasteiger partial charge < -0.3 is 63.4 Å². The van der Waals surface area contributed by atoms with Gasteiger partial charge in [-0.3, -0.25) is 24.0 Å². The average molecular weight is 1850 g/mol. The van der Waals surface area contributed by atoms with Crippen molar-refractivity contribution in [2.24, 2.45) is 0 Å². The Morgan fingerprint density at radius 3 is 0.552 bits per heavy atom. The van der Waals surface area contributed by atoms with Gasteiger partial charge in [0.1, 0.15) is 23.0 Å². The Kier molecular flexibility index (Phi) is 39.8. The fraction of sp³-hybridized carbons (Fsp3) is 0.479. The third kappa shape index (κ3) is 27.5. The Hall–Kier alpha value is -9.01. The summed E-state index contributed by atoms with van der Waals surface area (Å²) in [4.78, 5) is 61.9. The zero-order valence-corrected chi connectivity index (χ0v) is 83.5. The van der Waals surface area contributed by atoms with Crippen LogP contribution in [0.3, 0.4) is 0 Å². The summed E-state index contributed by atoms with van der Waals surface area (Å²) in [5.74, 6) is -4.38. The minimum atomic E-state index is -3.90. The zero-order valence-electron chi connectivity index (χ0n) is 79.1. The number of nitrogens with one attached hydrogen (secondary N) is 4. The van der Waals surface area contributed by atoms with Crippen LogP contribution < -0.4 is 21.4 Å². The quantitative estimate of drug-likeness (QED) is 0.0162. The molecule has 8 bridgehead atoms. The maximum absolute atomic E-state index is 15.3. The third-order valence-electron chi connectivity index (χ3n) is 24.5. The van der Waals surface area contributed by atoms with Crippen molar-refractivity contribution in [3.05, 3.63) is 206 Å². The molecule has 0 radical (unpaired) electrons. The second-order valence-electron chi connectivity index (χ2n) is 33.8. The molecule has 8 aromatic rings. The molecule has 1 aliphatic rings. The van der Waals surface area contributed by atoms with Crippen LogP contribution in [0.2, 0.25) is 0 Å². The largest absolute Gasteiger partial charge is 3.00 e. The number of carboxylic acids is 5. The van der Waals surface area contributed by atoms with Crippen molar-refractivity contribution < 1.29 is 118 Å². The first-order valence-corrected chi connectivity index (χ1v) is 48.7. The summed E-state index contributed by atoms with van der Waals surface area (Å²) in [5, 5.41) is 39.7. The maximum Gasteiger partial charge on any atom is 3.00 e. The molecule has 0 unspecified atom stereocenters. The number of rotatable bonds is 28. The number of carbonyl (C=O) groups is 5. The summed E-state index contributed by atoms with van der Waals surface area (Å²) >= 11 is 0. The van der Waals surface area contributed by atoms with E-state index in [-0.39, 0.29) is 59.7 Å².